The average Bonchev–Trinajstić information content (AvgIpc) is 3.08. The molecule has 2 unspecified atom stereocenters. The molecule has 1 heterocycles. The van der Waals surface area contributed by atoms with Crippen LogP contribution in [0.5, 0.6) is 0 Å². The van der Waals surface area contributed by atoms with Crippen LogP contribution in [0.15, 0.2) is 6.20 Å². The van der Waals surface area contributed by atoms with Gasteiger partial charge in [0, 0.05) is 19.9 Å². The van der Waals surface area contributed by atoms with Crippen molar-refractivity contribution >= 4 is 7.60 Å². The number of ether oxygens (including phenoxy) is 1. The summed E-state index contributed by atoms with van der Waals surface area (Å²) in [5.74, 6) is 0.432. The fourth-order valence-electron chi connectivity index (χ4n) is 3.19. The SMILES string of the molecule is COCC(C)Cn1cc(CCCCCCCCCOP(=O)(O)CC[N+](C)(C)C)nn1. The van der Waals surface area contributed by atoms with Gasteiger partial charge in [-0.1, -0.05) is 44.2 Å². The number of nitrogens with zero attached hydrogens (tertiary/aromatic N) is 4. The summed E-state index contributed by atoms with van der Waals surface area (Å²) in [6.45, 7) is 4.73. The van der Waals surface area contributed by atoms with E-state index < -0.39 is 7.60 Å². The van der Waals surface area contributed by atoms with E-state index in [-0.39, 0.29) is 6.16 Å². The third kappa shape index (κ3) is 14.3. The highest BCUT2D eigenvalue weighted by Gasteiger charge is 2.22. The van der Waals surface area contributed by atoms with Crippen molar-refractivity contribution in [1.82, 2.24) is 15.0 Å². The highest BCUT2D eigenvalue weighted by atomic mass is 31.2. The number of unbranched alkanes of at least 4 members (excludes halogenated alkanes) is 6. The molecule has 9 heteroatoms. The zero-order valence-electron chi connectivity index (χ0n) is 19.8. The Bertz CT molecular complexity index is 618. The quantitative estimate of drug-likeness (QED) is 0.210. The zero-order valence-corrected chi connectivity index (χ0v) is 20.6. The van der Waals surface area contributed by atoms with E-state index in [1.165, 1.54) is 19.3 Å². The lowest BCUT2D eigenvalue weighted by Gasteiger charge is -2.24. The molecule has 0 spiro atoms. The number of hydrogen-bond donors (Lipinski definition) is 1. The molecule has 0 aliphatic heterocycles. The molecular formula is C21H44N4O4P+. The van der Waals surface area contributed by atoms with Gasteiger partial charge in [-0.3, -0.25) is 9.25 Å². The molecular weight excluding hydrogens is 403 g/mol. The maximum Gasteiger partial charge on any atom is 0.333 e. The average molecular weight is 448 g/mol. The van der Waals surface area contributed by atoms with Crippen molar-refractivity contribution in [2.24, 2.45) is 5.92 Å². The molecule has 0 aromatic carbocycles. The van der Waals surface area contributed by atoms with Gasteiger partial charge in [-0.05, 0) is 25.2 Å². The minimum absolute atomic E-state index is 0.219. The van der Waals surface area contributed by atoms with Crippen LogP contribution >= 0.6 is 7.60 Å². The molecule has 0 saturated carbocycles. The van der Waals surface area contributed by atoms with Gasteiger partial charge < -0.3 is 18.6 Å². The predicted molar refractivity (Wildman–Crippen MR) is 121 cm³/mol. The Labute approximate surface area is 183 Å². The summed E-state index contributed by atoms with van der Waals surface area (Å²) < 4.78 is 24.9. The molecule has 176 valence electrons. The van der Waals surface area contributed by atoms with E-state index in [0.29, 0.717) is 23.6 Å². The smallest absolute Gasteiger partial charge is 0.333 e. The van der Waals surface area contributed by atoms with Crippen molar-refractivity contribution < 1.29 is 23.2 Å². The standard InChI is InChI=1S/C21H43N4O4P/c1-20(19-28-5)17-24-18-21(22-23-24)13-11-9-7-6-8-10-12-15-29-30(26,27)16-14-25(2,3)4/h18,20H,6-17,19H2,1-5H3/p+1. The molecule has 30 heavy (non-hydrogen) atoms. The fourth-order valence-corrected chi connectivity index (χ4v) is 4.59. The van der Waals surface area contributed by atoms with Crippen molar-refractivity contribution in [2.75, 3.05) is 54.2 Å². The summed E-state index contributed by atoms with van der Waals surface area (Å²) in [4.78, 5) is 9.85. The molecule has 1 rings (SSSR count). The third-order valence-corrected chi connectivity index (χ3v) is 6.31. The normalized spacial score (nSPS) is 15.3. The molecule has 8 nitrogen and oxygen atoms in total. The van der Waals surface area contributed by atoms with Crippen LogP contribution in [0.1, 0.15) is 57.6 Å². The fraction of sp³-hybridized carbons (Fsp3) is 0.905. The highest BCUT2D eigenvalue weighted by molar-refractivity contribution is 7.52. The van der Waals surface area contributed by atoms with E-state index in [1.807, 2.05) is 32.0 Å². The molecule has 2 atom stereocenters. The van der Waals surface area contributed by atoms with Crippen LogP contribution in [0.25, 0.3) is 0 Å². The Kier molecular flexibility index (Phi) is 13.0. The molecule has 1 aromatic rings. The van der Waals surface area contributed by atoms with Crippen LogP contribution in [-0.2, 0) is 26.8 Å². The first-order valence-corrected chi connectivity index (χ1v) is 13.0. The lowest BCUT2D eigenvalue weighted by molar-refractivity contribution is -0.867. The Morgan fingerprint density at radius 3 is 2.40 bits per heavy atom. The largest absolute Gasteiger partial charge is 0.384 e. The number of rotatable bonds is 18. The van der Waals surface area contributed by atoms with Crippen molar-refractivity contribution in [3.63, 3.8) is 0 Å². The Morgan fingerprint density at radius 2 is 1.77 bits per heavy atom. The van der Waals surface area contributed by atoms with Crippen LogP contribution in [0.3, 0.4) is 0 Å². The number of aryl methyl sites for hydroxylation is 1. The summed E-state index contributed by atoms with van der Waals surface area (Å²) >= 11 is 0. The molecule has 0 saturated heterocycles. The number of methoxy groups -OCH3 is 1. The second-order valence-corrected chi connectivity index (χ2v) is 11.4. The monoisotopic (exact) mass is 447 g/mol. The molecule has 1 aromatic heterocycles. The Morgan fingerprint density at radius 1 is 1.13 bits per heavy atom. The minimum atomic E-state index is -3.43. The topological polar surface area (TPSA) is 86.5 Å². The van der Waals surface area contributed by atoms with Gasteiger partial charge >= 0.3 is 7.60 Å². The van der Waals surface area contributed by atoms with Gasteiger partial charge in [0.05, 0.1) is 52.8 Å². The van der Waals surface area contributed by atoms with Crippen molar-refractivity contribution in [1.29, 1.82) is 0 Å². The number of aromatic nitrogens is 3. The lowest BCUT2D eigenvalue weighted by Crippen LogP contribution is -2.37. The molecule has 0 aliphatic carbocycles. The van der Waals surface area contributed by atoms with Crippen molar-refractivity contribution in [3.8, 4) is 0 Å². The maximum atomic E-state index is 12.0. The van der Waals surface area contributed by atoms with E-state index in [9.17, 15) is 9.46 Å². The van der Waals surface area contributed by atoms with Crippen LogP contribution in [0.4, 0.5) is 0 Å². The van der Waals surface area contributed by atoms with Gasteiger partial charge in [-0.15, -0.1) is 5.10 Å². The molecule has 1 N–H and O–H groups in total. The summed E-state index contributed by atoms with van der Waals surface area (Å²) in [6, 6.07) is 0. The number of quaternary nitrogens is 1. The van der Waals surface area contributed by atoms with E-state index in [2.05, 4.69) is 17.2 Å². The van der Waals surface area contributed by atoms with E-state index in [4.69, 9.17) is 9.26 Å². The van der Waals surface area contributed by atoms with Crippen LogP contribution in [0.2, 0.25) is 0 Å². The molecule has 0 bridgehead atoms. The summed E-state index contributed by atoms with van der Waals surface area (Å²) in [7, 11) is 4.31. The van der Waals surface area contributed by atoms with Gasteiger partial charge in [-0.25, -0.2) is 0 Å². The first-order chi connectivity index (χ1) is 14.1. The first kappa shape index (κ1) is 27.2. The molecule has 0 radical (unpaired) electrons. The van der Waals surface area contributed by atoms with E-state index in [0.717, 1.165) is 50.9 Å². The molecule has 0 fully saturated rings. The van der Waals surface area contributed by atoms with Crippen LogP contribution < -0.4 is 0 Å². The zero-order chi connectivity index (χ0) is 22.5. The van der Waals surface area contributed by atoms with Gasteiger partial charge in [-0.2, -0.15) is 0 Å². The highest BCUT2D eigenvalue weighted by Crippen LogP contribution is 2.41. The maximum absolute atomic E-state index is 12.0. The second-order valence-electron chi connectivity index (χ2n) is 9.43. The first-order valence-electron chi connectivity index (χ1n) is 11.3. The molecule has 0 amide bonds. The Hall–Kier alpha value is -0.790. The minimum Gasteiger partial charge on any atom is -0.384 e. The van der Waals surface area contributed by atoms with Gasteiger partial charge in [0.15, 0.2) is 0 Å². The summed E-state index contributed by atoms with van der Waals surface area (Å²) in [6.07, 6.45) is 11.0. The van der Waals surface area contributed by atoms with Gasteiger partial charge in [0.2, 0.25) is 0 Å². The Balaban J connectivity index is 1.99. The lowest BCUT2D eigenvalue weighted by atomic mass is 10.1. The predicted octanol–water partition coefficient (Wildman–Crippen LogP) is 3.74. The van der Waals surface area contributed by atoms with Gasteiger partial charge in [0.1, 0.15) is 0 Å². The summed E-state index contributed by atoms with van der Waals surface area (Å²) in [5, 5.41) is 8.45. The van der Waals surface area contributed by atoms with Crippen molar-refractivity contribution in [2.45, 2.75) is 64.8 Å². The van der Waals surface area contributed by atoms with E-state index >= 15 is 0 Å². The van der Waals surface area contributed by atoms with Crippen LogP contribution in [-0.4, -0.2) is 78.5 Å². The third-order valence-electron chi connectivity index (χ3n) is 4.96. The second kappa shape index (κ2) is 14.3. The van der Waals surface area contributed by atoms with Crippen molar-refractivity contribution in [3.05, 3.63) is 11.9 Å². The van der Waals surface area contributed by atoms with Crippen LogP contribution in [0, 0.1) is 5.92 Å². The molecule has 0 aliphatic rings. The summed E-state index contributed by atoms with van der Waals surface area (Å²) in [5.41, 5.74) is 1.07. The van der Waals surface area contributed by atoms with E-state index in [1.54, 1.807) is 7.11 Å². The van der Waals surface area contributed by atoms with Gasteiger partial charge in [0.25, 0.3) is 0 Å². The number of hydrogen-bond acceptors (Lipinski definition) is 5.